The summed E-state index contributed by atoms with van der Waals surface area (Å²) in [7, 11) is -3.54. The molecule has 1 atom stereocenters. The third-order valence-electron chi connectivity index (χ3n) is 4.42. The zero-order chi connectivity index (χ0) is 16.6. The number of pyridine rings is 1. The fourth-order valence-electron chi connectivity index (χ4n) is 3.27. The molecule has 0 radical (unpaired) electrons. The first-order chi connectivity index (χ1) is 11.6. The Morgan fingerprint density at radius 2 is 2.29 bits per heavy atom. The van der Waals surface area contributed by atoms with E-state index in [1.165, 1.54) is 12.5 Å². The minimum atomic E-state index is -3.54. The first kappa shape index (κ1) is 15.3. The molecule has 1 aliphatic rings. The number of H-pyrrole nitrogens is 1. The molecule has 1 saturated heterocycles. The lowest BCUT2D eigenvalue weighted by Gasteiger charge is -2.31. The van der Waals surface area contributed by atoms with Crippen LogP contribution in [0.3, 0.4) is 0 Å². The van der Waals surface area contributed by atoms with Crippen molar-refractivity contribution < 1.29 is 8.42 Å². The molecule has 0 aromatic carbocycles. The van der Waals surface area contributed by atoms with E-state index < -0.39 is 10.0 Å². The predicted octanol–water partition coefficient (Wildman–Crippen LogP) is 1.26. The molecule has 3 aromatic rings. The fraction of sp³-hybridized carbons (Fsp3) is 0.400. The molecular formula is C15H18N6O2S. The lowest BCUT2D eigenvalue weighted by molar-refractivity contribution is 0.239. The Morgan fingerprint density at radius 1 is 1.38 bits per heavy atom. The number of aromatic nitrogens is 5. The van der Waals surface area contributed by atoms with Crippen LogP contribution in [0.4, 0.5) is 0 Å². The third-order valence-corrected chi connectivity index (χ3v) is 6.33. The average Bonchev–Trinajstić information content (AvgIpc) is 3.24. The van der Waals surface area contributed by atoms with Gasteiger partial charge < -0.3 is 4.98 Å². The second-order valence-corrected chi connectivity index (χ2v) is 7.95. The molecule has 0 bridgehead atoms. The van der Waals surface area contributed by atoms with Gasteiger partial charge in [-0.2, -0.15) is 9.40 Å². The molecular weight excluding hydrogens is 328 g/mol. The number of aromatic amines is 1. The van der Waals surface area contributed by atoms with Gasteiger partial charge in [0.2, 0.25) is 10.0 Å². The van der Waals surface area contributed by atoms with Crippen molar-refractivity contribution >= 4 is 21.1 Å². The van der Waals surface area contributed by atoms with Crippen LogP contribution in [0.25, 0.3) is 11.0 Å². The van der Waals surface area contributed by atoms with Crippen molar-refractivity contribution in [2.24, 2.45) is 5.92 Å². The second-order valence-electron chi connectivity index (χ2n) is 6.04. The molecule has 0 amide bonds. The molecule has 9 heteroatoms. The number of hydrogen-bond donors (Lipinski definition) is 1. The number of sulfonamides is 1. The highest BCUT2D eigenvalue weighted by molar-refractivity contribution is 7.89. The van der Waals surface area contributed by atoms with E-state index in [1.54, 1.807) is 33.6 Å². The first-order valence-electron chi connectivity index (χ1n) is 7.89. The molecule has 8 nitrogen and oxygen atoms in total. The number of fused-ring (bicyclic) bond motifs is 1. The smallest absolute Gasteiger partial charge is 0.245 e. The summed E-state index contributed by atoms with van der Waals surface area (Å²) in [6.07, 6.45) is 8.17. The van der Waals surface area contributed by atoms with Gasteiger partial charge in [-0.3, -0.25) is 4.68 Å². The van der Waals surface area contributed by atoms with Crippen LogP contribution in [0.15, 0.2) is 42.1 Å². The Bertz CT molecular complexity index is 934. The highest BCUT2D eigenvalue weighted by Gasteiger charge is 2.32. The van der Waals surface area contributed by atoms with Crippen molar-refractivity contribution in [3.63, 3.8) is 0 Å². The van der Waals surface area contributed by atoms with Gasteiger partial charge >= 0.3 is 0 Å². The molecule has 3 aromatic heterocycles. The largest absolute Gasteiger partial charge is 0.345 e. The van der Waals surface area contributed by atoms with Gasteiger partial charge in [-0.15, -0.1) is 0 Å². The standard InChI is InChI=1S/C15H18N6O2S/c22-24(23,14-7-18-15-13(14)4-1-5-17-15)21-6-2-3-12(9-21)8-20-11-16-10-19-20/h1,4-5,7,10-12H,2-3,6,8-9H2,(H,17,18)/t12-/m0/s1. The number of hydrogen-bond acceptors (Lipinski definition) is 5. The summed E-state index contributed by atoms with van der Waals surface area (Å²) in [5, 5.41) is 4.75. The highest BCUT2D eigenvalue weighted by Crippen LogP contribution is 2.28. The SMILES string of the molecule is O=S(=O)(c1c[nH]c2ncccc12)N1CCC[C@@H](Cn2cncn2)C1. The molecule has 24 heavy (non-hydrogen) atoms. The van der Waals surface area contributed by atoms with E-state index >= 15 is 0 Å². The summed E-state index contributed by atoms with van der Waals surface area (Å²) < 4.78 is 29.4. The van der Waals surface area contributed by atoms with Crippen molar-refractivity contribution in [3.8, 4) is 0 Å². The van der Waals surface area contributed by atoms with E-state index in [4.69, 9.17) is 0 Å². The minimum absolute atomic E-state index is 0.235. The van der Waals surface area contributed by atoms with Crippen LogP contribution >= 0.6 is 0 Å². The Hall–Kier alpha value is -2.26. The second kappa shape index (κ2) is 5.99. The topological polar surface area (TPSA) is 96.8 Å². The van der Waals surface area contributed by atoms with Crippen molar-refractivity contribution in [1.29, 1.82) is 0 Å². The molecule has 0 saturated carbocycles. The molecule has 1 N–H and O–H groups in total. The number of nitrogens with zero attached hydrogens (tertiary/aromatic N) is 5. The maximum Gasteiger partial charge on any atom is 0.245 e. The Morgan fingerprint density at radius 3 is 3.12 bits per heavy atom. The van der Waals surface area contributed by atoms with E-state index in [9.17, 15) is 8.42 Å². The third kappa shape index (κ3) is 2.69. The molecule has 126 valence electrons. The van der Waals surface area contributed by atoms with Crippen LogP contribution in [0.5, 0.6) is 0 Å². The van der Waals surface area contributed by atoms with Crippen molar-refractivity contribution in [2.75, 3.05) is 13.1 Å². The molecule has 1 fully saturated rings. The van der Waals surface area contributed by atoms with Crippen LogP contribution in [-0.2, 0) is 16.6 Å². The molecule has 4 rings (SSSR count). The zero-order valence-electron chi connectivity index (χ0n) is 13.0. The highest BCUT2D eigenvalue weighted by atomic mass is 32.2. The van der Waals surface area contributed by atoms with Crippen LogP contribution < -0.4 is 0 Å². The predicted molar refractivity (Wildman–Crippen MR) is 87.6 cm³/mol. The van der Waals surface area contributed by atoms with Gasteiger partial charge in [-0.05, 0) is 30.9 Å². The Balaban J connectivity index is 1.59. The summed E-state index contributed by atoms with van der Waals surface area (Å²) in [6.45, 7) is 1.72. The van der Waals surface area contributed by atoms with E-state index in [0.29, 0.717) is 35.6 Å². The Kier molecular flexibility index (Phi) is 3.81. The monoisotopic (exact) mass is 346 g/mol. The van der Waals surface area contributed by atoms with Gasteiger partial charge in [0.1, 0.15) is 23.2 Å². The Labute approximate surface area is 139 Å². The number of nitrogens with one attached hydrogen (secondary N) is 1. The fourth-order valence-corrected chi connectivity index (χ4v) is 4.97. The quantitative estimate of drug-likeness (QED) is 0.767. The van der Waals surface area contributed by atoms with Gasteiger partial charge in [-0.25, -0.2) is 18.4 Å². The van der Waals surface area contributed by atoms with Crippen molar-refractivity contribution in [2.45, 2.75) is 24.3 Å². The summed E-state index contributed by atoms with van der Waals surface area (Å²) in [6, 6.07) is 3.53. The molecule has 0 unspecified atom stereocenters. The zero-order valence-corrected chi connectivity index (χ0v) is 13.9. The maximum absolute atomic E-state index is 13.1. The van der Waals surface area contributed by atoms with Crippen molar-refractivity contribution in [3.05, 3.63) is 37.2 Å². The van der Waals surface area contributed by atoms with Gasteiger partial charge in [0, 0.05) is 37.4 Å². The van der Waals surface area contributed by atoms with Gasteiger partial charge in [0.05, 0.1) is 0 Å². The molecule has 0 spiro atoms. The molecule has 0 aliphatic carbocycles. The van der Waals surface area contributed by atoms with Crippen molar-refractivity contribution in [1.82, 2.24) is 29.0 Å². The summed E-state index contributed by atoms with van der Waals surface area (Å²) in [5.41, 5.74) is 0.590. The van der Waals surface area contributed by atoms with E-state index in [2.05, 4.69) is 20.1 Å². The summed E-state index contributed by atoms with van der Waals surface area (Å²) in [4.78, 5) is 11.3. The van der Waals surface area contributed by atoms with Crippen LogP contribution in [0.1, 0.15) is 12.8 Å². The minimum Gasteiger partial charge on any atom is -0.345 e. The molecule has 4 heterocycles. The van der Waals surface area contributed by atoms with Gasteiger partial charge in [-0.1, -0.05) is 0 Å². The van der Waals surface area contributed by atoms with Crippen LogP contribution in [0.2, 0.25) is 0 Å². The lowest BCUT2D eigenvalue weighted by Crippen LogP contribution is -2.41. The summed E-state index contributed by atoms with van der Waals surface area (Å²) >= 11 is 0. The van der Waals surface area contributed by atoms with Crippen LogP contribution in [0, 0.1) is 5.92 Å². The van der Waals surface area contributed by atoms with E-state index in [0.717, 1.165) is 12.8 Å². The number of rotatable bonds is 4. The van der Waals surface area contributed by atoms with E-state index in [-0.39, 0.29) is 5.92 Å². The van der Waals surface area contributed by atoms with Crippen LogP contribution in [-0.4, -0.2) is 50.5 Å². The average molecular weight is 346 g/mol. The lowest BCUT2D eigenvalue weighted by atomic mass is 10.00. The maximum atomic E-state index is 13.1. The summed E-state index contributed by atoms with van der Waals surface area (Å²) in [5.74, 6) is 0.235. The van der Waals surface area contributed by atoms with Gasteiger partial charge in [0.25, 0.3) is 0 Å². The first-order valence-corrected chi connectivity index (χ1v) is 9.33. The molecule has 1 aliphatic heterocycles. The normalized spacial score (nSPS) is 19.8. The van der Waals surface area contributed by atoms with E-state index in [1.807, 2.05) is 0 Å². The van der Waals surface area contributed by atoms with Gasteiger partial charge in [0.15, 0.2) is 0 Å². The number of piperidine rings is 1.